The summed E-state index contributed by atoms with van der Waals surface area (Å²) in [5, 5.41) is 10.1. The number of carbonyl (C=O) groups is 1. The number of hydrogen-bond acceptors (Lipinski definition) is 5. The molecule has 0 radical (unpaired) electrons. The lowest BCUT2D eigenvalue weighted by molar-refractivity contribution is -0.145. The van der Waals surface area contributed by atoms with Gasteiger partial charge in [0.25, 0.3) is 0 Å². The molecule has 1 atom stereocenters. The van der Waals surface area contributed by atoms with Crippen molar-refractivity contribution in [2.75, 3.05) is 13.2 Å². The molecule has 0 amide bonds. The van der Waals surface area contributed by atoms with Gasteiger partial charge in [0.15, 0.2) is 0 Å². The van der Waals surface area contributed by atoms with Crippen molar-refractivity contribution in [3.05, 3.63) is 65.7 Å². The Morgan fingerprint density at radius 1 is 1.03 bits per heavy atom. The van der Waals surface area contributed by atoms with E-state index in [1.807, 2.05) is 42.5 Å². The predicted molar refractivity (Wildman–Crippen MR) is 139 cm³/mol. The first-order chi connectivity index (χ1) is 16.0. The van der Waals surface area contributed by atoms with Gasteiger partial charge in [-0.05, 0) is 46.9 Å². The molecule has 5 heteroatoms. The third-order valence-electron chi connectivity index (χ3n) is 5.46. The van der Waals surface area contributed by atoms with Crippen LogP contribution in [0.3, 0.4) is 0 Å². The van der Waals surface area contributed by atoms with Crippen molar-refractivity contribution in [3.8, 4) is 0 Å². The lowest BCUT2D eigenvalue weighted by Gasteiger charge is -2.33. The molecule has 2 aromatic carbocycles. The molecule has 0 aliphatic carbocycles. The molecule has 2 rings (SSSR count). The number of aliphatic hydroxyl groups is 1. The average molecular weight is 468 g/mol. The van der Waals surface area contributed by atoms with Gasteiger partial charge in [-0.3, -0.25) is 9.79 Å². The molecule has 2 aromatic rings. The fraction of sp³-hybridized carbons (Fsp3) is 0.517. The first-order valence-corrected chi connectivity index (χ1v) is 12.1. The number of carbonyl (C=O) groups excluding carboxylic acids is 1. The summed E-state index contributed by atoms with van der Waals surface area (Å²) in [6.45, 7) is 12.3. The van der Waals surface area contributed by atoms with E-state index in [0.717, 1.165) is 17.7 Å². The van der Waals surface area contributed by atoms with Gasteiger partial charge in [-0.15, -0.1) is 0 Å². The Balaban J connectivity index is 1.61. The van der Waals surface area contributed by atoms with Crippen LogP contribution in [0.4, 0.5) is 5.69 Å². The summed E-state index contributed by atoms with van der Waals surface area (Å²) in [4.78, 5) is 16.2. The van der Waals surface area contributed by atoms with Crippen LogP contribution in [-0.2, 0) is 26.3 Å². The molecule has 0 saturated heterocycles. The Kier molecular flexibility index (Phi) is 10.9. The third kappa shape index (κ3) is 11.1. The highest BCUT2D eigenvalue weighted by molar-refractivity contribution is 5.69. The molecule has 1 unspecified atom stereocenters. The van der Waals surface area contributed by atoms with E-state index in [4.69, 9.17) is 9.47 Å². The molecular weight excluding hydrogens is 426 g/mol. The van der Waals surface area contributed by atoms with Gasteiger partial charge in [0.2, 0.25) is 0 Å². The van der Waals surface area contributed by atoms with Crippen LogP contribution in [0.1, 0.15) is 71.4 Å². The minimum absolute atomic E-state index is 0.104. The fourth-order valence-corrected chi connectivity index (χ4v) is 4.12. The Labute approximate surface area is 205 Å². The Bertz CT molecular complexity index is 883. The van der Waals surface area contributed by atoms with E-state index in [-0.39, 0.29) is 30.0 Å². The molecule has 0 bridgehead atoms. The van der Waals surface area contributed by atoms with Crippen molar-refractivity contribution in [3.63, 3.8) is 0 Å². The summed E-state index contributed by atoms with van der Waals surface area (Å²) < 4.78 is 10.7. The number of ether oxygens (including phenoxy) is 2. The molecule has 5 nitrogen and oxygen atoms in total. The zero-order valence-corrected chi connectivity index (χ0v) is 21.4. The highest BCUT2D eigenvalue weighted by Gasteiger charge is 2.27. The smallest absolute Gasteiger partial charge is 0.306 e. The molecule has 0 aromatic heterocycles. The van der Waals surface area contributed by atoms with Crippen molar-refractivity contribution in [1.29, 1.82) is 0 Å². The Morgan fingerprint density at radius 3 is 2.35 bits per heavy atom. The summed E-state index contributed by atoms with van der Waals surface area (Å²) >= 11 is 0. The van der Waals surface area contributed by atoms with Gasteiger partial charge in [0, 0.05) is 25.7 Å². The van der Waals surface area contributed by atoms with E-state index < -0.39 is 6.10 Å². The number of benzene rings is 2. The van der Waals surface area contributed by atoms with Gasteiger partial charge in [-0.1, -0.05) is 77.1 Å². The van der Waals surface area contributed by atoms with Crippen LogP contribution in [0.5, 0.6) is 0 Å². The van der Waals surface area contributed by atoms with Gasteiger partial charge in [0.05, 0.1) is 18.4 Å². The van der Waals surface area contributed by atoms with E-state index in [9.17, 15) is 9.90 Å². The summed E-state index contributed by atoms with van der Waals surface area (Å²) in [5.74, 6) is -0.243. The topological polar surface area (TPSA) is 68.1 Å². The van der Waals surface area contributed by atoms with E-state index in [2.05, 4.69) is 51.7 Å². The number of aliphatic hydroxyl groups excluding tert-OH is 1. The van der Waals surface area contributed by atoms with Crippen LogP contribution in [0.25, 0.3) is 0 Å². The standard InChI is InChI=1S/C29H41NO4/c1-28(2,3)22-29(4,5)24-13-15-25(16-14-24)30-18-17-26(31)21-33-19-9-12-27(32)34-20-23-10-7-6-8-11-23/h6-8,10-11,13-16,18,26,31H,9,12,17,19-22H2,1-5H3/b30-18+. The molecule has 0 aliphatic heterocycles. The number of esters is 1. The quantitative estimate of drug-likeness (QED) is 0.210. The second kappa shape index (κ2) is 13.4. The zero-order chi connectivity index (χ0) is 25.0. The number of nitrogens with zero attached hydrogens (tertiary/aromatic N) is 1. The molecular formula is C29H41NO4. The first kappa shape index (κ1) is 27.7. The van der Waals surface area contributed by atoms with Gasteiger partial charge in [-0.25, -0.2) is 0 Å². The lowest BCUT2D eigenvalue weighted by Crippen LogP contribution is -2.24. The van der Waals surface area contributed by atoms with Crippen LogP contribution in [0.15, 0.2) is 59.6 Å². The molecule has 0 aliphatic rings. The molecule has 0 heterocycles. The average Bonchev–Trinajstić information content (AvgIpc) is 2.77. The zero-order valence-electron chi connectivity index (χ0n) is 21.4. The summed E-state index contributed by atoms with van der Waals surface area (Å²) in [5.41, 5.74) is 3.52. The largest absolute Gasteiger partial charge is 0.461 e. The molecule has 0 spiro atoms. The lowest BCUT2D eigenvalue weighted by atomic mass is 9.72. The van der Waals surface area contributed by atoms with Crippen molar-refractivity contribution >= 4 is 17.9 Å². The van der Waals surface area contributed by atoms with Crippen LogP contribution in [0, 0.1) is 5.41 Å². The number of rotatable bonds is 13. The Hall–Kier alpha value is -2.50. The molecule has 34 heavy (non-hydrogen) atoms. The maximum absolute atomic E-state index is 11.8. The van der Waals surface area contributed by atoms with E-state index in [1.165, 1.54) is 5.56 Å². The third-order valence-corrected chi connectivity index (χ3v) is 5.46. The summed E-state index contributed by atoms with van der Waals surface area (Å²) in [7, 11) is 0. The van der Waals surface area contributed by atoms with Gasteiger partial charge in [0.1, 0.15) is 6.61 Å². The van der Waals surface area contributed by atoms with E-state index in [1.54, 1.807) is 6.21 Å². The predicted octanol–water partition coefficient (Wildman–Crippen LogP) is 6.39. The van der Waals surface area contributed by atoms with E-state index in [0.29, 0.717) is 25.9 Å². The summed E-state index contributed by atoms with van der Waals surface area (Å²) in [6, 6.07) is 17.9. The summed E-state index contributed by atoms with van der Waals surface area (Å²) in [6.07, 6.45) is 3.47. The molecule has 186 valence electrons. The molecule has 0 fully saturated rings. The van der Waals surface area contributed by atoms with Gasteiger partial charge in [-0.2, -0.15) is 0 Å². The second-order valence-corrected chi connectivity index (χ2v) is 10.7. The highest BCUT2D eigenvalue weighted by Crippen LogP contribution is 2.36. The van der Waals surface area contributed by atoms with Crippen LogP contribution in [-0.4, -0.2) is 36.6 Å². The Morgan fingerprint density at radius 2 is 1.71 bits per heavy atom. The maximum Gasteiger partial charge on any atom is 0.306 e. The number of aliphatic imine (C=N–C) groups is 1. The fourth-order valence-electron chi connectivity index (χ4n) is 4.12. The van der Waals surface area contributed by atoms with Crippen LogP contribution < -0.4 is 0 Å². The normalized spacial score (nSPS) is 13.2. The van der Waals surface area contributed by atoms with Gasteiger partial charge < -0.3 is 14.6 Å². The minimum Gasteiger partial charge on any atom is -0.461 e. The van der Waals surface area contributed by atoms with Crippen LogP contribution >= 0.6 is 0 Å². The molecule has 1 N–H and O–H groups in total. The second-order valence-electron chi connectivity index (χ2n) is 10.7. The minimum atomic E-state index is -0.626. The van der Waals surface area contributed by atoms with Crippen molar-refractivity contribution < 1.29 is 19.4 Å². The van der Waals surface area contributed by atoms with Gasteiger partial charge >= 0.3 is 5.97 Å². The molecule has 0 saturated carbocycles. The monoisotopic (exact) mass is 467 g/mol. The van der Waals surface area contributed by atoms with E-state index >= 15 is 0 Å². The first-order valence-electron chi connectivity index (χ1n) is 12.1. The highest BCUT2D eigenvalue weighted by atomic mass is 16.5. The van der Waals surface area contributed by atoms with Crippen LogP contribution in [0.2, 0.25) is 0 Å². The van der Waals surface area contributed by atoms with Crippen molar-refractivity contribution in [2.24, 2.45) is 10.4 Å². The number of hydrogen-bond donors (Lipinski definition) is 1. The maximum atomic E-state index is 11.8. The van der Waals surface area contributed by atoms with Crippen molar-refractivity contribution in [2.45, 2.75) is 78.4 Å². The van der Waals surface area contributed by atoms with Crippen molar-refractivity contribution in [1.82, 2.24) is 0 Å². The SMILES string of the molecule is CC(C)(C)CC(C)(C)c1ccc(/N=C/CC(O)COCCCC(=O)OCc2ccccc2)cc1.